The number of nitrogens with one attached hydrogen (secondary N) is 1. The third-order valence-electron chi connectivity index (χ3n) is 3.96. The van der Waals surface area contributed by atoms with Crippen molar-refractivity contribution in [3.8, 4) is 0 Å². The summed E-state index contributed by atoms with van der Waals surface area (Å²) in [6.07, 6.45) is -5.61. The molecule has 1 N–H and O–H groups in total. The number of anilines is 2. The van der Waals surface area contributed by atoms with Gasteiger partial charge in [0.2, 0.25) is 11.8 Å². The predicted octanol–water partition coefficient (Wildman–Crippen LogP) is 4.74. The van der Waals surface area contributed by atoms with Crippen molar-refractivity contribution < 1.29 is 22.8 Å². The zero-order chi connectivity index (χ0) is 19.6. The molecule has 142 valence electrons. The fraction of sp³-hybridized carbons (Fsp3) is 0.222. The largest absolute Gasteiger partial charge is 0.409 e. The summed E-state index contributed by atoms with van der Waals surface area (Å²) in [5.41, 5.74) is 0.195. The number of rotatable bonds is 3. The van der Waals surface area contributed by atoms with Crippen LogP contribution in [-0.4, -0.2) is 29.8 Å². The third kappa shape index (κ3) is 4.39. The van der Waals surface area contributed by atoms with Gasteiger partial charge in [-0.3, -0.25) is 14.5 Å². The Bertz CT molecular complexity index is 876. The summed E-state index contributed by atoms with van der Waals surface area (Å²) >= 11 is 7.09. The fourth-order valence-corrected chi connectivity index (χ4v) is 3.86. The normalized spacial score (nSPS) is 17.1. The summed E-state index contributed by atoms with van der Waals surface area (Å²) in [5.74, 6) is -1.80. The van der Waals surface area contributed by atoms with Crippen molar-refractivity contribution >= 4 is 46.6 Å². The first-order chi connectivity index (χ1) is 12.8. The maximum absolute atomic E-state index is 13.6. The number of nitrogens with zero attached hydrogens (tertiary/aromatic N) is 1. The maximum atomic E-state index is 13.6. The molecule has 9 heteroatoms. The predicted molar refractivity (Wildman–Crippen MR) is 99.2 cm³/mol. The van der Waals surface area contributed by atoms with E-state index in [0.29, 0.717) is 14.8 Å². The second kappa shape index (κ2) is 7.82. The number of benzene rings is 2. The van der Waals surface area contributed by atoms with E-state index in [4.69, 9.17) is 11.6 Å². The third-order valence-corrected chi connectivity index (χ3v) is 5.46. The highest BCUT2D eigenvalue weighted by atomic mass is 35.5. The van der Waals surface area contributed by atoms with Gasteiger partial charge in [0.05, 0.1) is 28.6 Å². The van der Waals surface area contributed by atoms with E-state index in [0.717, 1.165) is 11.8 Å². The standard InChI is InChI=1S/C18H14ClF3N2O2S/c19-11-5-1-4-8-14(11)27-10-17(26)24-13-7-3-2-6-12(13)23-16(25)9-15(24)18(20,21)22/h1-8,15H,9-10H2,(H,23,25). The summed E-state index contributed by atoms with van der Waals surface area (Å²) in [4.78, 5) is 26.0. The van der Waals surface area contributed by atoms with Crippen LogP contribution in [0.3, 0.4) is 0 Å². The van der Waals surface area contributed by atoms with Crippen LogP contribution in [0.2, 0.25) is 5.02 Å². The number of carbonyl (C=O) groups excluding carboxylic acids is 2. The topological polar surface area (TPSA) is 49.4 Å². The molecular weight excluding hydrogens is 401 g/mol. The quantitative estimate of drug-likeness (QED) is 0.738. The molecule has 1 aliphatic heterocycles. The monoisotopic (exact) mass is 414 g/mol. The summed E-state index contributed by atoms with van der Waals surface area (Å²) in [6, 6.07) is 10.5. The lowest BCUT2D eigenvalue weighted by atomic mass is 10.1. The Morgan fingerprint density at radius 1 is 1.19 bits per heavy atom. The van der Waals surface area contributed by atoms with Crippen molar-refractivity contribution in [3.63, 3.8) is 0 Å². The van der Waals surface area contributed by atoms with Gasteiger partial charge in [0.15, 0.2) is 0 Å². The van der Waals surface area contributed by atoms with Crippen molar-refractivity contribution in [3.05, 3.63) is 53.6 Å². The Balaban J connectivity index is 1.94. The molecule has 1 atom stereocenters. The fourth-order valence-electron chi connectivity index (χ4n) is 2.77. The Morgan fingerprint density at radius 3 is 2.56 bits per heavy atom. The number of hydrogen-bond donors (Lipinski definition) is 1. The van der Waals surface area contributed by atoms with Crippen LogP contribution in [0.4, 0.5) is 24.5 Å². The Kier molecular flexibility index (Phi) is 5.67. The summed E-state index contributed by atoms with van der Waals surface area (Å²) < 4.78 is 40.9. The van der Waals surface area contributed by atoms with E-state index in [2.05, 4.69) is 5.32 Å². The SMILES string of the molecule is O=C1CC(C(F)(F)F)N(C(=O)CSc2ccccc2Cl)c2ccccc2N1. The molecule has 0 fully saturated rings. The molecule has 27 heavy (non-hydrogen) atoms. The zero-order valence-electron chi connectivity index (χ0n) is 13.8. The molecule has 0 spiro atoms. The first-order valence-electron chi connectivity index (χ1n) is 7.92. The number of halogens is 4. The van der Waals surface area contributed by atoms with Crippen LogP contribution in [-0.2, 0) is 9.59 Å². The molecule has 0 aromatic heterocycles. The minimum atomic E-state index is -4.75. The average Bonchev–Trinajstić information content (AvgIpc) is 2.76. The van der Waals surface area contributed by atoms with Gasteiger partial charge in [0.1, 0.15) is 6.04 Å². The second-order valence-corrected chi connectivity index (χ2v) is 7.23. The highest BCUT2D eigenvalue weighted by Crippen LogP contribution is 2.38. The second-order valence-electron chi connectivity index (χ2n) is 5.81. The highest BCUT2D eigenvalue weighted by molar-refractivity contribution is 8.00. The lowest BCUT2D eigenvalue weighted by Crippen LogP contribution is -2.50. The molecule has 0 radical (unpaired) electrons. The van der Waals surface area contributed by atoms with E-state index < -0.39 is 30.5 Å². The first-order valence-corrected chi connectivity index (χ1v) is 9.28. The van der Waals surface area contributed by atoms with Crippen LogP contribution in [0, 0.1) is 0 Å². The number of amides is 2. The van der Waals surface area contributed by atoms with Crippen molar-refractivity contribution in [2.24, 2.45) is 0 Å². The Morgan fingerprint density at radius 2 is 1.85 bits per heavy atom. The van der Waals surface area contributed by atoms with Gasteiger partial charge >= 0.3 is 6.18 Å². The zero-order valence-corrected chi connectivity index (χ0v) is 15.4. The van der Waals surface area contributed by atoms with Crippen LogP contribution in [0.15, 0.2) is 53.4 Å². The first kappa shape index (κ1) is 19.6. The van der Waals surface area contributed by atoms with E-state index in [9.17, 15) is 22.8 Å². The summed E-state index contributed by atoms with van der Waals surface area (Å²) in [7, 11) is 0. The van der Waals surface area contributed by atoms with E-state index in [1.54, 1.807) is 30.3 Å². The van der Waals surface area contributed by atoms with Gasteiger partial charge in [-0.2, -0.15) is 13.2 Å². The van der Waals surface area contributed by atoms with Crippen LogP contribution < -0.4 is 10.2 Å². The Hall–Kier alpha value is -2.19. The minimum absolute atomic E-state index is 0.0235. The molecule has 2 amide bonds. The van der Waals surface area contributed by atoms with Gasteiger partial charge in [-0.1, -0.05) is 35.9 Å². The molecule has 0 bridgehead atoms. The molecule has 4 nitrogen and oxygen atoms in total. The van der Waals surface area contributed by atoms with Crippen molar-refractivity contribution in [1.29, 1.82) is 0 Å². The number of alkyl halides is 3. The van der Waals surface area contributed by atoms with Crippen molar-refractivity contribution in [2.45, 2.75) is 23.5 Å². The van der Waals surface area contributed by atoms with Gasteiger partial charge in [-0.25, -0.2) is 0 Å². The van der Waals surface area contributed by atoms with Crippen LogP contribution in [0.25, 0.3) is 0 Å². The summed E-state index contributed by atoms with van der Waals surface area (Å²) in [6.45, 7) is 0. The molecule has 0 aliphatic carbocycles. The minimum Gasteiger partial charge on any atom is -0.324 e. The molecule has 2 aromatic rings. The van der Waals surface area contributed by atoms with E-state index in [-0.39, 0.29) is 17.1 Å². The number of carbonyl (C=O) groups is 2. The van der Waals surface area contributed by atoms with Gasteiger partial charge in [-0.05, 0) is 24.3 Å². The van der Waals surface area contributed by atoms with Gasteiger partial charge in [0.25, 0.3) is 0 Å². The number of para-hydroxylation sites is 2. The molecular formula is C18H14ClF3N2O2S. The molecule has 2 aromatic carbocycles. The molecule has 1 aliphatic rings. The lowest BCUT2D eigenvalue weighted by molar-refractivity contribution is -0.157. The molecule has 0 saturated carbocycles. The van der Waals surface area contributed by atoms with Gasteiger partial charge in [-0.15, -0.1) is 11.8 Å². The Labute approximate surface area is 162 Å². The van der Waals surface area contributed by atoms with Gasteiger partial charge < -0.3 is 5.32 Å². The van der Waals surface area contributed by atoms with E-state index in [1.807, 2.05) is 0 Å². The average molecular weight is 415 g/mol. The highest BCUT2D eigenvalue weighted by Gasteiger charge is 2.48. The smallest absolute Gasteiger partial charge is 0.324 e. The van der Waals surface area contributed by atoms with Crippen molar-refractivity contribution in [2.75, 3.05) is 16.0 Å². The molecule has 0 saturated heterocycles. The van der Waals surface area contributed by atoms with Crippen LogP contribution in [0.1, 0.15) is 6.42 Å². The van der Waals surface area contributed by atoms with E-state index in [1.165, 1.54) is 18.2 Å². The molecule has 3 rings (SSSR count). The molecule has 1 unspecified atom stereocenters. The lowest BCUT2D eigenvalue weighted by Gasteiger charge is -2.31. The van der Waals surface area contributed by atoms with E-state index >= 15 is 0 Å². The van der Waals surface area contributed by atoms with Crippen LogP contribution >= 0.6 is 23.4 Å². The number of fused-ring (bicyclic) bond motifs is 1. The number of thioether (sulfide) groups is 1. The maximum Gasteiger partial charge on any atom is 0.409 e. The number of hydrogen-bond acceptors (Lipinski definition) is 3. The van der Waals surface area contributed by atoms with Crippen molar-refractivity contribution in [1.82, 2.24) is 0 Å². The molecule has 1 heterocycles. The van der Waals surface area contributed by atoms with Gasteiger partial charge in [0, 0.05) is 4.90 Å². The summed E-state index contributed by atoms with van der Waals surface area (Å²) in [5, 5.41) is 2.84. The van der Waals surface area contributed by atoms with Crippen LogP contribution in [0.5, 0.6) is 0 Å².